The summed E-state index contributed by atoms with van der Waals surface area (Å²) in [7, 11) is 0. The van der Waals surface area contributed by atoms with E-state index in [0.29, 0.717) is 0 Å². The number of nitrogens with two attached hydrogens (primary N) is 1. The maximum Gasteiger partial charge on any atom is 0.317 e. The lowest BCUT2D eigenvalue weighted by molar-refractivity contribution is -0.384. The molecule has 0 aromatic carbocycles. The zero-order valence-electron chi connectivity index (χ0n) is 12.0. The molecule has 7 atom stereocenters. The molecule has 11 N–H and O–H groups in total. The summed E-state index contributed by atoms with van der Waals surface area (Å²) in [4.78, 5) is 9.24. The van der Waals surface area contributed by atoms with Gasteiger partial charge in [-0.2, -0.15) is 0 Å². The first-order valence-electron chi connectivity index (χ1n) is 6.50. The van der Waals surface area contributed by atoms with Crippen LogP contribution in [0.3, 0.4) is 0 Å². The van der Waals surface area contributed by atoms with E-state index in [1.165, 1.54) is 0 Å². The molecule has 23 heavy (non-hydrogen) atoms. The Morgan fingerprint density at radius 3 is 2.00 bits per heavy atom. The van der Waals surface area contributed by atoms with Crippen LogP contribution in [0.1, 0.15) is 0 Å². The Morgan fingerprint density at radius 1 is 1.17 bits per heavy atom. The zero-order valence-corrected chi connectivity index (χ0v) is 12.0. The second kappa shape index (κ2) is 9.39. The van der Waals surface area contributed by atoms with Crippen molar-refractivity contribution in [3.63, 3.8) is 0 Å². The summed E-state index contributed by atoms with van der Waals surface area (Å²) in [6, 6.07) is 0. The molecule has 0 radical (unpaired) electrons. The maximum absolute atomic E-state index is 9.92. The zero-order chi connectivity index (χ0) is 18.4. The normalized spacial score (nSPS) is 36.6. The SMILES string of the molecule is NCC(=O)O.OCC(O)C(O)C1(O)O[C@H](CO)[C@@H](O)[C@H](O)[C@H]1O. The molecule has 1 heterocycles. The lowest BCUT2D eigenvalue weighted by Gasteiger charge is -2.47. The Labute approximate surface area is 130 Å². The van der Waals surface area contributed by atoms with E-state index in [4.69, 9.17) is 20.1 Å². The van der Waals surface area contributed by atoms with Gasteiger partial charge >= 0.3 is 5.97 Å². The summed E-state index contributed by atoms with van der Waals surface area (Å²) in [5.74, 6) is -3.79. The second-order valence-electron chi connectivity index (χ2n) is 4.81. The van der Waals surface area contributed by atoms with Gasteiger partial charge in [0.2, 0.25) is 5.79 Å². The molecule has 12 nitrogen and oxygen atoms in total. The van der Waals surface area contributed by atoms with Gasteiger partial charge in [0.15, 0.2) is 0 Å². The molecule has 0 aromatic heterocycles. The predicted molar refractivity (Wildman–Crippen MR) is 70.7 cm³/mol. The van der Waals surface area contributed by atoms with Gasteiger partial charge in [-0.05, 0) is 0 Å². The summed E-state index contributed by atoms with van der Waals surface area (Å²) in [6.07, 6.45) is -11.2. The van der Waals surface area contributed by atoms with Crippen molar-refractivity contribution in [3.8, 4) is 0 Å². The van der Waals surface area contributed by atoms with E-state index in [1.807, 2.05) is 0 Å². The number of carbonyl (C=O) groups is 1. The fourth-order valence-corrected chi connectivity index (χ4v) is 1.80. The lowest BCUT2D eigenvalue weighted by atomic mass is 9.87. The molecule has 0 spiro atoms. The lowest BCUT2D eigenvalue weighted by Crippen LogP contribution is -2.71. The third kappa shape index (κ3) is 5.29. The molecule has 0 aliphatic carbocycles. The van der Waals surface area contributed by atoms with Crippen LogP contribution in [0.25, 0.3) is 0 Å². The molecule has 1 saturated heterocycles. The molecule has 0 bridgehead atoms. The van der Waals surface area contributed by atoms with Crippen molar-refractivity contribution >= 4 is 5.97 Å². The first-order valence-corrected chi connectivity index (χ1v) is 6.50. The smallest absolute Gasteiger partial charge is 0.317 e. The minimum absolute atomic E-state index is 0.278. The van der Waals surface area contributed by atoms with Crippen molar-refractivity contribution in [3.05, 3.63) is 0 Å². The Bertz CT molecular complexity index is 362. The molecule has 1 aliphatic heterocycles. The van der Waals surface area contributed by atoms with Crippen molar-refractivity contribution in [2.75, 3.05) is 19.8 Å². The van der Waals surface area contributed by atoms with E-state index in [1.54, 1.807) is 0 Å². The monoisotopic (exact) mass is 345 g/mol. The quantitative estimate of drug-likeness (QED) is 0.224. The number of hydrogen-bond acceptors (Lipinski definition) is 11. The van der Waals surface area contributed by atoms with Crippen LogP contribution in [-0.2, 0) is 9.53 Å². The number of aliphatic hydroxyl groups is 8. The molecule has 138 valence electrons. The molecule has 12 heteroatoms. The molecular weight excluding hydrogens is 322 g/mol. The third-order valence-corrected chi connectivity index (χ3v) is 3.15. The van der Waals surface area contributed by atoms with E-state index in [2.05, 4.69) is 5.73 Å². The fourth-order valence-electron chi connectivity index (χ4n) is 1.80. The molecule has 1 fully saturated rings. The first-order chi connectivity index (χ1) is 10.6. The van der Waals surface area contributed by atoms with Crippen molar-refractivity contribution in [2.24, 2.45) is 5.73 Å². The van der Waals surface area contributed by atoms with E-state index in [0.717, 1.165) is 0 Å². The molecule has 0 saturated carbocycles. The summed E-state index contributed by atoms with van der Waals surface area (Å²) < 4.78 is 4.73. The average Bonchev–Trinajstić information content (AvgIpc) is 2.55. The molecule has 0 aromatic rings. The number of hydrogen-bond donors (Lipinski definition) is 10. The number of rotatable bonds is 5. The molecule has 1 aliphatic rings. The summed E-state index contributed by atoms with van der Waals surface area (Å²) >= 11 is 0. The van der Waals surface area contributed by atoms with Gasteiger partial charge in [-0.1, -0.05) is 0 Å². The average molecular weight is 345 g/mol. The Balaban J connectivity index is 0.000000841. The van der Waals surface area contributed by atoms with Gasteiger partial charge < -0.3 is 56.4 Å². The van der Waals surface area contributed by atoms with Crippen molar-refractivity contribution in [1.29, 1.82) is 0 Å². The van der Waals surface area contributed by atoms with Gasteiger partial charge in [0.25, 0.3) is 0 Å². The van der Waals surface area contributed by atoms with Crippen molar-refractivity contribution < 1.29 is 55.5 Å². The van der Waals surface area contributed by atoms with Gasteiger partial charge in [-0.15, -0.1) is 0 Å². The molecular formula is C11H23NO11. The highest BCUT2D eigenvalue weighted by atomic mass is 16.7. The number of aliphatic hydroxyl groups excluding tert-OH is 7. The van der Waals surface area contributed by atoms with Crippen LogP contribution < -0.4 is 5.73 Å². The van der Waals surface area contributed by atoms with Gasteiger partial charge in [-0.3, -0.25) is 4.79 Å². The largest absolute Gasteiger partial charge is 0.480 e. The van der Waals surface area contributed by atoms with Gasteiger partial charge in [-0.25, -0.2) is 0 Å². The minimum Gasteiger partial charge on any atom is -0.480 e. The maximum atomic E-state index is 9.92. The van der Waals surface area contributed by atoms with Crippen LogP contribution in [-0.4, -0.2) is 114 Å². The second-order valence-corrected chi connectivity index (χ2v) is 4.81. The highest BCUT2D eigenvalue weighted by Gasteiger charge is 2.57. The standard InChI is InChI=1S/C9H18O9.C2H5NO2/c10-1-3(12)7(15)9(17)8(16)6(14)5(13)4(2-11)18-9;3-1-2(4)5/h3-8,10-17H,1-2H2;1,3H2,(H,4,5)/t3?,4-,5-,6+,7?,8-,9?;/m1./s1. The van der Waals surface area contributed by atoms with Crippen LogP contribution in [0.4, 0.5) is 0 Å². The predicted octanol–water partition coefficient (Wildman–Crippen LogP) is -6.11. The third-order valence-electron chi connectivity index (χ3n) is 3.15. The summed E-state index contributed by atoms with van der Waals surface area (Å²) in [5, 5.41) is 82.3. The van der Waals surface area contributed by atoms with Gasteiger partial charge in [0, 0.05) is 0 Å². The van der Waals surface area contributed by atoms with Crippen molar-refractivity contribution in [2.45, 2.75) is 42.4 Å². The first kappa shape index (κ1) is 22.1. The van der Waals surface area contributed by atoms with Crippen LogP contribution >= 0.6 is 0 Å². The molecule has 1 rings (SSSR count). The fraction of sp³-hybridized carbons (Fsp3) is 0.909. The van der Waals surface area contributed by atoms with E-state index in [9.17, 15) is 35.4 Å². The van der Waals surface area contributed by atoms with Crippen LogP contribution in [0.5, 0.6) is 0 Å². The number of carboxylic acid groups (broad SMARTS) is 1. The summed E-state index contributed by atoms with van der Waals surface area (Å²) in [6.45, 7) is -2.00. The molecule has 3 unspecified atom stereocenters. The number of carboxylic acids is 1. The highest BCUT2D eigenvalue weighted by Crippen LogP contribution is 2.31. The number of ether oxygens (including phenoxy) is 1. The van der Waals surface area contributed by atoms with E-state index < -0.39 is 61.6 Å². The topological polar surface area (TPSA) is 234 Å². The molecule has 0 amide bonds. The van der Waals surface area contributed by atoms with Crippen LogP contribution in [0.2, 0.25) is 0 Å². The van der Waals surface area contributed by atoms with Crippen LogP contribution in [0, 0.1) is 0 Å². The minimum atomic E-state index is -2.83. The number of aliphatic carboxylic acids is 1. The summed E-state index contributed by atoms with van der Waals surface area (Å²) in [5.41, 5.74) is 4.57. The van der Waals surface area contributed by atoms with Crippen molar-refractivity contribution in [1.82, 2.24) is 0 Å². The van der Waals surface area contributed by atoms with Gasteiger partial charge in [0.1, 0.15) is 36.6 Å². The Hall–Kier alpha value is -0.930. The van der Waals surface area contributed by atoms with E-state index in [-0.39, 0.29) is 6.54 Å². The highest BCUT2D eigenvalue weighted by molar-refractivity contribution is 5.68. The Kier molecular flexibility index (Phi) is 9.01. The van der Waals surface area contributed by atoms with E-state index >= 15 is 0 Å². The van der Waals surface area contributed by atoms with Gasteiger partial charge in [0.05, 0.1) is 19.8 Å². The van der Waals surface area contributed by atoms with Crippen LogP contribution in [0.15, 0.2) is 0 Å². The Morgan fingerprint density at radius 2 is 1.65 bits per heavy atom.